The van der Waals surface area contributed by atoms with Crippen molar-refractivity contribution in [2.75, 3.05) is 13.7 Å². The highest BCUT2D eigenvalue weighted by atomic mass is 32.2. The molecule has 0 saturated carbocycles. The van der Waals surface area contributed by atoms with Crippen LogP contribution < -0.4 is 4.80 Å². The van der Waals surface area contributed by atoms with E-state index in [9.17, 15) is 18.0 Å². The quantitative estimate of drug-likeness (QED) is 0.477. The molecule has 3 rings (SSSR count). The Morgan fingerprint density at radius 3 is 2.33 bits per heavy atom. The molecular formula is C23H25N3O5S2. The summed E-state index contributed by atoms with van der Waals surface area (Å²) in [6.45, 7) is 3.95. The molecule has 0 radical (unpaired) electrons. The van der Waals surface area contributed by atoms with Crippen LogP contribution in [0, 0.1) is 6.92 Å². The molecule has 0 saturated heterocycles. The van der Waals surface area contributed by atoms with E-state index in [0.717, 1.165) is 16.9 Å². The molecule has 0 N–H and O–H groups in total. The third kappa shape index (κ3) is 5.47. The third-order valence-corrected chi connectivity index (χ3v) is 8.06. The zero-order chi connectivity index (χ0) is 24.2. The lowest BCUT2D eigenvalue weighted by atomic mass is 10.2. The highest BCUT2D eigenvalue weighted by molar-refractivity contribution is 7.89. The Bertz CT molecular complexity index is 1320. The highest BCUT2D eigenvalue weighted by Crippen LogP contribution is 2.18. The monoisotopic (exact) mass is 487 g/mol. The first-order valence-electron chi connectivity index (χ1n) is 10.2. The fourth-order valence-corrected chi connectivity index (χ4v) is 5.21. The van der Waals surface area contributed by atoms with Crippen molar-refractivity contribution in [2.45, 2.75) is 25.3 Å². The highest BCUT2D eigenvalue weighted by Gasteiger charge is 2.21. The summed E-state index contributed by atoms with van der Waals surface area (Å²) in [5, 5.41) is 0. The van der Waals surface area contributed by atoms with Gasteiger partial charge in [0.05, 0.1) is 11.5 Å². The van der Waals surface area contributed by atoms with Gasteiger partial charge in [-0.25, -0.2) is 13.2 Å². The van der Waals surface area contributed by atoms with Crippen LogP contribution in [0.2, 0.25) is 0 Å². The minimum absolute atomic E-state index is 0.0830. The lowest BCUT2D eigenvalue weighted by molar-refractivity contribution is 0.0530. The molecule has 0 atom stereocenters. The van der Waals surface area contributed by atoms with Crippen LogP contribution in [0.15, 0.2) is 64.5 Å². The molecule has 0 aliphatic heterocycles. The molecule has 10 heteroatoms. The fraction of sp³-hybridized carbons (Fsp3) is 0.261. The summed E-state index contributed by atoms with van der Waals surface area (Å²) in [7, 11) is -0.506. The van der Waals surface area contributed by atoms with Crippen molar-refractivity contribution in [3.8, 4) is 0 Å². The molecule has 1 heterocycles. The van der Waals surface area contributed by atoms with Gasteiger partial charge in [-0.05, 0) is 43.7 Å². The van der Waals surface area contributed by atoms with Crippen LogP contribution in [-0.4, -0.2) is 42.8 Å². The average Bonchev–Trinajstić information content (AvgIpc) is 3.08. The summed E-state index contributed by atoms with van der Waals surface area (Å²) < 4.78 is 33.7. The van der Waals surface area contributed by atoms with Crippen LogP contribution in [0.1, 0.15) is 38.2 Å². The van der Waals surface area contributed by atoms with Gasteiger partial charge >= 0.3 is 5.97 Å². The van der Waals surface area contributed by atoms with Gasteiger partial charge in [-0.15, -0.1) is 0 Å². The van der Waals surface area contributed by atoms with Gasteiger partial charge in [0, 0.05) is 31.9 Å². The number of carbonyl (C=O) groups excluding carboxylic acids is 2. The van der Waals surface area contributed by atoms with E-state index >= 15 is 0 Å². The van der Waals surface area contributed by atoms with Crippen molar-refractivity contribution in [1.29, 1.82) is 0 Å². The molecule has 0 spiro atoms. The van der Waals surface area contributed by atoms with E-state index in [2.05, 4.69) is 4.99 Å². The molecule has 8 nitrogen and oxygen atoms in total. The Balaban J connectivity index is 1.82. The lowest BCUT2D eigenvalue weighted by Gasteiger charge is -2.17. The van der Waals surface area contributed by atoms with E-state index in [0.29, 0.717) is 15.4 Å². The first-order chi connectivity index (χ1) is 15.6. The predicted molar refractivity (Wildman–Crippen MR) is 125 cm³/mol. The SMILES string of the molecule is CCOC(=O)c1sc(=NC(=O)c2ccc(S(=O)(=O)N(C)Cc3ccccc3)cc2)n(C)c1C. The van der Waals surface area contributed by atoms with E-state index in [1.165, 1.54) is 35.6 Å². The van der Waals surface area contributed by atoms with Crippen LogP contribution in [0.3, 0.4) is 0 Å². The second-order valence-electron chi connectivity index (χ2n) is 7.27. The number of hydrogen-bond acceptors (Lipinski definition) is 6. The number of thiazole rings is 1. The number of carbonyl (C=O) groups is 2. The normalized spacial score (nSPS) is 12.2. The van der Waals surface area contributed by atoms with Crippen LogP contribution in [0.25, 0.3) is 0 Å². The Morgan fingerprint density at radius 1 is 1.09 bits per heavy atom. The maximum atomic E-state index is 12.9. The number of esters is 1. The first kappa shape index (κ1) is 24.6. The molecule has 0 aliphatic carbocycles. The summed E-state index contributed by atoms with van der Waals surface area (Å²) in [5.41, 5.74) is 1.76. The van der Waals surface area contributed by atoms with Crippen LogP contribution in [-0.2, 0) is 28.4 Å². The van der Waals surface area contributed by atoms with E-state index in [4.69, 9.17) is 4.74 Å². The minimum atomic E-state index is -3.72. The molecule has 2 aromatic carbocycles. The van der Waals surface area contributed by atoms with Gasteiger partial charge in [0.1, 0.15) is 4.88 Å². The van der Waals surface area contributed by atoms with Gasteiger partial charge in [-0.2, -0.15) is 9.30 Å². The minimum Gasteiger partial charge on any atom is -0.462 e. The largest absolute Gasteiger partial charge is 0.462 e. The molecule has 3 aromatic rings. The van der Waals surface area contributed by atoms with E-state index in [1.807, 2.05) is 30.3 Å². The van der Waals surface area contributed by atoms with Crippen molar-refractivity contribution in [1.82, 2.24) is 8.87 Å². The molecular weight excluding hydrogens is 462 g/mol. The van der Waals surface area contributed by atoms with Crippen LogP contribution in [0.5, 0.6) is 0 Å². The zero-order valence-corrected chi connectivity index (χ0v) is 20.4. The molecule has 0 aliphatic rings. The van der Waals surface area contributed by atoms with E-state index in [-0.39, 0.29) is 23.6 Å². The number of sulfonamides is 1. The van der Waals surface area contributed by atoms with Crippen molar-refractivity contribution in [2.24, 2.45) is 12.0 Å². The summed E-state index contributed by atoms with van der Waals surface area (Å²) in [4.78, 5) is 29.7. The van der Waals surface area contributed by atoms with E-state index < -0.39 is 21.9 Å². The standard InChI is InChI=1S/C23H25N3O5S2/c1-5-31-22(28)20-16(2)26(4)23(32-20)24-21(27)18-11-13-19(14-12-18)33(29,30)25(3)15-17-9-7-6-8-10-17/h6-14H,5,15H2,1-4H3. The van der Waals surface area contributed by atoms with Gasteiger partial charge < -0.3 is 9.30 Å². The number of rotatable bonds is 7. The number of nitrogens with zero attached hydrogens (tertiary/aromatic N) is 3. The molecule has 33 heavy (non-hydrogen) atoms. The van der Waals surface area contributed by atoms with Gasteiger partial charge in [0.25, 0.3) is 5.91 Å². The Labute approximate surface area is 196 Å². The Hall–Kier alpha value is -3.08. The van der Waals surface area contributed by atoms with Gasteiger partial charge in [0.15, 0.2) is 4.80 Å². The number of amides is 1. The first-order valence-corrected chi connectivity index (χ1v) is 12.4. The van der Waals surface area contributed by atoms with Crippen LogP contribution in [0.4, 0.5) is 0 Å². The predicted octanol–water partition coefficient (Wildman–Crippen LogP) is 3.13. The second-order valence-corrected chi connectivity index (χ2v) is 10.3. The Kier molecular flexibility index (Phi) is 7.62. The number of aromatic nitrogens is 1. The smallest absolute Gasteiger partial charge is 0.350 e. The van der Waals surface area contributed by atoms with Crippen molar-refractivity contribution < 1.29 is 22.7 Å². The van der Waals surface area contributed by atoms with Gasteiger partial charge in [-0.1, -0.05) is 41.7 Å². The van der Waals surface area contributed by atoms with E-state index in [1.54, 1.807) is 25.5 Å². The molecule has 174 valence electrons. The number of benzene rings is 2. The lowest BCUT2D eigenvalue weighted by Crippen LogP contribution is -2.26. The molecule has 1 amide bonds. The van der Waals surface area contributed by atoms with Gasteiger partial charge in [-0.3, -0.25) is 4.79 Å². The van der Waals surface area contributed by atoms with Crippen molar-refractivity contribution >= 4 is 33.2 Å². The summed E-state index contributed by atoms with van der Waals surface area (Å²) in [6, 6.07) is 14.9. The second kappa shape index (κ2) is 10.2. The summed E-state index contributed by atoms with van der Waals surface area (Å²) >= 11 is 1.07. The number of hydrogen-bond donors (Lipinski definition) is 0. The topological polar surface area (TPSA) is 98.0 Å². The van der Waals surface area contributed by atoms with Crippen molar-refractivity contribution in [3.63, 3.8) is 0 Å². The maximum Gasteiger partial charge on any atom is 0.350 e. The summed E-state index contributed by atoms with van der Waals surface area (Å²) in [6.07, 6.45) is 0. The molecule has 0 bridgehead atoms. The fourth-order valence-electron chi connectivity index (χ4n) is 3.04. The third-order valence-electron chi connectivity index (χ3n) is 5.03. The van der Waals surface area contributed by atoms with Crippen molar-refractivity contribution in [3.05, 3.63) is 81.1 Å². The average molecular weight is 488 g/mol. The van der Waals surface area contributed by atoms with Gasteiger partial charge in [0.2, 0.25) is 10.0 Å². The van der Waals surface area contributed by atoms with Crippen LogP contribution >= 0.6 is 11.3 Å². The Morgan fingerprint density at radius 2 is 1.73 bits per heavy atom. The number of ether oxygens (including phenoxy) is 1. The molecule has 0 fully saturated rings. The molecule has 1 aromatic heterocycles. The summed E-state index contributed by atoms with van der Waals surface area (Å²) in [5.74, 6) is -0.998. The zero-order valence-electron chi connectivity index (χ0n) is 18.8. The maximum absolute atomic E-state index is 12.9. The molecule has 0 unspecified atom stereocenters.